The van der Waals surface area contributed by atoms with Crippen molar-refractivity contribution in [3.05, 3.63) is 83.3 Å². The zero-order chi connectivity index (χ0) is 20.2. The van der Waals surface area contributed by atoms with E-state index in [0.717, 1.165) is 55.5 Å². The third kappa shape index (κ3) is 4.40. The number of benzene rings is 1. The first-order valence-corrected chi connectivity index (χ1v) is 10.2. The molecule has 0 atom stereocenters. The Bertz CT molecular complexity index is 957. The van der Waals surface area contributed by atoms with E-state index < -0.39 is 0 Å². The molecular formula is C24H28N4O. The zero-order valence-electron chi connectivity index (χ0n) is 17.2. The van der Waals surface area contributed by atoms with Crippen molar-refractivity contribution >= 4 is 11.6 Å². The number of Topliss-reactive ketones (excluding diaryl/α,β-unsaturated/α-hetero) is 1. The molecule has 2 aromatic heterocycles. The lowest BCUT2D eigenvalue weighted by Gasteiger charge is -2.35. The van der Waals surface area contributed by atoms with E-state index in [4.69, 9.17) is 0 Å². The van der Waals surface area contributed by atoms with E-state index in [0.29, 0.717) is 6.54 Å². The number of rotatable bonds is 6. The predicted octanol–water partition coefficient (Wildman–Crippen LogP) is 3.55. The number of hydrogen-bond donors (Lipinski definition) is 0. The lowest BCUT2D eigenvalue weighted by molar-refractivity contribution is 0.0925. The maximum atomic E-state index is 13.0. The minimum Gasteiger partial charge on any atom is -0.354 e. The molecule has 3 aromatic rings. The van der Waals surface area contributed by atoms with Gasteiger partial charge in [0.2, 0.25) is 0 Å². The maximum Gasteiger partial charge on any atom is 0.178 e. The molecule has 1 saturated heterocycles. The molecular weight excluding hydrogens is 360 g/mol. The highest BCUT2D eigenvalue weighted by Gasteiger charge is 2.22. The van der Waals surface area contributed by atoms with Gasteiger partial charge in [0.1, 0.15) is 5.82 Å². The molecule has 1 aliphatic heterocycles. The van der Waals surface area contributed by atoms with Gasteiger partial charge in [0.15, 0.2) is 5.78 Å². The highest BCUT2D eigenvalue weighted by atomic mass is 16.1. The Morgan fingerprint density at radius 3 is 2.38 bits per heavy atom. The summed E-state index contributed by atoms with van der Waals surface area (Å²) in [5.74, 6) is 1.23. The number of pyridine rings is 1. The fraction of sp³-hybridized carbons (Fsp3) is 0.333. The van der Waals surface area contributed by atoms with E-state index in [1.165, 1.54) is 5.56 Å². The molecule has 0 bridgehead atoms. The van der Waals surface area contributed by atoms with Crippen molar-refractivity contribution in [2.45, 2.75) is 20.4 Å². The molecule has 0 saturated carbocycles. The number of anilines is 1. The zero-order valence-corrected chi connectivity index (χ0v) is 17.2. The summed E-state index contributed by atoms with van der Waals surface area (Å²) in [7, 11) is 0. The molecule has 1 aromatic carbocycles. The first kappa shape index (κ1) is 19.4. The molecule has 1 aliphatic rings. The van der Waals surface area contributed by atoms with Crippen LogP contribution in [-0.4, -0.2) is 53.0 Å². The summed E-state index contributed by atoms with van der Waals surface area (Å²) >= 11 is 0. The molecule has 0 spiro atoms. The minimum absolute atomic E-state index is 0.212. The second kappa shape index (κ2) is 8.62. The van der Waals surface area contributed by atoms with E-state index in [-0.39, 0.29) is 5.78 Å². The van der Waals surface area contributed by atoms with Crippen LogP contribution in [0.3, 0.4) is 0 Å². The van der Waals surface area contributed by atoms with Crippen molar-refractivity contribution in [2.24, 2.45) is 0 Å². The molecule has 4 rings (SSSR count). The SMILES string of the molecule is Cc1cc(C(=O)CN2CCN(c3ccccn3)CC2)c(C)n1Cc1ccccc1. The van der Waals surface area contributed by atoms with E-state index in [2.05, 4.69) is 57.5 Å². The molecule has 5 heteroatoms. The second-order valence-corrected chi connectivity index (χ2v) is 7.73. The number of hydrogen-bond acceptors (Lipinski definition) is 4. The number of aromatic nitrogens is 2. The largest absolute Gasteiger partial charge is 0.354 e. The fourth-order valence-corrected chi connectivity index (χ4v) is 4.06. The van der Waals surface area contributed by atoms with Crippen molar-refractivity contribution in [3.8, 4) is 0 Å². The topological polar surface area (TPSA) is 41.4 Å². The van der Waals surface area contributed by atoms with Gasteiger partial charge >= 0.3 is 0 Å². The van der Waals surface area contributed by atoms with E-state index in [1.54, 1.807) is 0 Å². The van der Waals surface area contributed by atoms with Gasteiger partial charge in [-0.3, -0.25) is 9.69 Å². The van der Waals surface area contributed by atoms with Crippen molar-refractivity contribution < 1.29 is 4.79 Å². The highest BCUT2D eigenvalue weighted by molar-refractivity contribution is 5.99. The highest BCUT2D eigenvalue weighted by Crippen LogP contribution is 2.19. The van der Waals surface area contributed by atoms with E-state index in [9.17, 15) is 4.79 Å². The Balaban J connectivity index is 1.39. The van der Waals surface area contributed by atoms with Gasteiger partial charge in [0, 0.05) is 55.9 Å². The summed E-state index contributed by atoms with van der Waals surface area (Å²) in [5.41, 5.74) is 4.29. The second-order valence-electron chi connectivity index (χ2n) is 7.73. The summed E-state index contributed by atoms with van der Waals surface area (Å²) in [6.45, 7) is 8.98. The van der Waals surface area contributed by atoms with E-state index in [1.807, 2.05) is 36.5 Å². The predicted molar refractivity (Wildman–Crippen MR) is 117 cm³/mol. The van der Waals surface area contributed by atoms with Crippen LogP contribution in [0.25, 0.3) is 0 Å². The standard InChI is InChI=1S/C24H28N4O/c1-19-16-22(20(2)28(19)17-21-8-4-3-5-9-21)23(29)18-26-12-14-27(15-13-26)24-10-6-7-11-25-24/h3-11,16H,12-15,17-18H2,1-2H3. The van der Waals surface area contributed by atoms with E-state index >= 15 is 0 Å². The summed E-state index contributed by atoms with van der Waals surface area (Å²) in [5, 5.41) is 0. The van der Waals surface area contributed by atoms with Crippen molar-refractivity contribution in [2.75, 3.05) is 37.6 Å². The smallest absolute Gasteiger partial charge is 0.178 e. The number of piperazine rings is 1. The van der Waals surface area contributed by atoms with Gasteiger partial charge in [0.25, 0.3) is 0 Å². The lowest BCUT2D eigenvalue weighted by atomic mass is 10.1. The van der Waals surface area contributed by atoms with Crippen molar-refractivity contribution in [1.82, 2.24) is 14.5 Å². The van der Waals surface area contributed by atoms with Crippen LogP contribution in [0.4, 0.5) is 5.82 Å². The van der Waals surface area contributed by atoms with Crippen LogP contribution in [0.5, 0.6) is 0 Å². The number of nitrogens with zero attached hydrogens (tertiary/aromatic N) is 4. The average Bonchev–Trinajstić information content (AvgIpc) is 3.04. The van der Waals surface area contributed by atoms with Crippen LogP contribution in [0.2, 0.25) is 0 Å². The normalized spacial score (nSPS) is 14.9. The van der Waals surface area contributed by atoms with Crippen LogP contribution in [0, 0.1) is 13.8 Å². The van der Waals surface area contributed by atoms with Gasteiger partial charge in [0.05, 0.1) is 6.54 Å². The maximum absolute atomic E-state index is 13.0. The first-order valence-electron chi connectivity index (χ1n) is 10.2. The Morgan fingerprint density at radius 1 is 0.966 bits per heavy atom. The van der Waals surface area contributed by atoms with Gasteiger partial charge in [-0.15, -0.1) is 0 Å². The number of ketones is 1. The molecule has 0 radical (unpaired) electrons. The molecule has 0 unspecified atom stereocenters. The monoisotopic (exact) mass is 388 g/mol. The number of carbonyl (C=O) groups is 1. The summed E-state index contributed by atoms with van der Waals surface area (Å²) in [4.78, 5) is 22.0. The molecule has 5 nitrogen and oxygen atoms in total. The average molecular weight is 389 g/mol. The first-order chi connectivity index (χ1) is 14.1. The number of carbonyl (C=O) groups excluding carboxylic acids is 1. The quantitative estimate of drug-likeness (QED) is 0.606. The molecule has 0 aliphatic carbocycles. The van der Waals surface area contributed by atoms with Crippen LogP contribution in [0.1, 0.15) is 27.3 Å². The Kier molecular flexibility index (Phi) is 5.76. The third-order valence-electron chi connectivity index (χ3n) is 5.77. The van der Waals surface area contributed by atoms with Gasteiger partial charge in [-0.2, -0.15) is 0 Å². The molecule has 0 N–H and O–H groups in total. The van der Waals surface area contributed by atoms with Crippen LogP contribution in [0.15, 0.2) is 60.8 Å². The Morgan fingerprint density at radius 2 is 1.69 bits per heavy atom. The third-order valence-corrected chi connectivity index (χ3v) is 5.77. The molecule has 3 heterocycles. The van der Waals surface area contributed by atoms with Crippen LogP contribution in [-0.2, 0) is 6.54 Å². The Labute approximate surface area is 172 Å². The van der Waals surface area contributed by atoms with Crippen LogP contribution >= 0.6 is 0 Å². The number of aryl methyl sites for hydroxylation is 1. The fourth-order valence-electron chi connectivity index (χ4n) is 4.06. The molecule has 150 valence electrons. The Hall–Kier alpha value is -2.92. The summed E-state index contributed by atoms with van der Waals surface area (Å²) < 4.78 is 2.24. The lowest BCUT2D eigenvalue weighted by Crippen LogP contribution is -2.48. The molecule has 0 amide bonds. The van der Waals surface area contributed by atoms with Crippen LogP contribution < -0.4 is 4.90 Å². The van der Waals surface area contributed by atoms with Crippen molar-refractivity contribution in [1.29, 1.82) is 0 Å². The van der Waals surface area contributed by atoms with Crippen molar-refractivity contribution in [3.63, 3.8) is 0 Å². The molecule has 1 fully saturated rings. The van der Waals surface area contributed by atoms with Gasteiger partial charge < -0.3 is 9.47 Å². The van der Waals surface area contributed by atoms with Gasteiger partial charge in [-0.05, 0) is 37.6 Å². The van der Waals surface area contributed by atoms with Gasteiger partial charge in [-0.1, -0.05) is 36.4 Å². The minimum atomic E-state index is 0.212. The molecule has 29 heavy (non-hydrogen) atoms. The van der Waals surface area contributed by atoms with Gasteiger partial charge in [-0.25, -0.2) is 4.98 Å². The summed E-state index contributed by atoms with van der Waals surface area (Å²) in [6.07, 6.45) is 1.83. The summed E-state index contributed by atoms with van der Waals surface area (Å²) in [6, 6.07) is 18.4.